The van der Waals surface area contributed by atoms with Crippen LogP contribution in [0.4, 0.5) is 0 Å². The summed E-state index contributed by atoms with van der Waals surface area (Å²) in [5.41, 5.74) is 1.93. The number of hydrogen-bond donors (Lipinski definition) is 0. The van der Waals surface area contributed by atoms with Crippen LogP contribution in [-0.4, -0.2) is 24.3 Å². The van der Waals surface area contributed by atoms with Crippen LogP contribution in [0.1, 0.15) is 20.8 Å². The number of thiophene rings is 1. The molecule has 0 radical (unpaired) electrons. The van der Waals surface area contributed by atoms with Gasteiger partial charge in [-0.15, -0.1) is 11.3 Å². The lowest BCUT2D eigenvalue weighted by atomic mass is 10.1. The molecule has 0 atom stereocenters. The van der Waals surface area contributed by atoms with Crippen LogP contribution in [0.3, 0.4) is 0 Å². The minimum absolute atomic E-state index is 0.178. The average molecular weight is 259 g/mol. The summed E-state index contributed by atoms with van der Waals surface area (Å²) in [6.45, 7) is 3.29. The third-order valence-corrected chi connectivity index (χ3v) is 3.62. The Bertz CT molecular complexity index is 519. The smallest absolute Gasteiger partial charge is 0.176 e. The largest absolute Gasteiger partial charge is 0.294 e. The zero-order valence-electron chi connectivity index (χ0n) is 10.7. The van der Waals surface area contributed by atoms with E-state index >= 15 is 0 Å². The van der Waals surface area contributed by atoms with Crippen molar-refractivity contribution in [1.29, 1.82) is 0 Å². The molecule has 94 valence electrons. The van der Waals surface area contributed by atoms with E-state index in [0.717, 1.165) is 17.7 Å². The number of hydrogen-bond acceptors (Lipinski definition) is 3. The van der Waals surface area contributed by atoms with Crippen molar-refractivity contribution in [3.63, 3.8) is 0 Å². The number of benzene rings is 1. The molecule has 1 aromatic heterocycles. The van der Waals surface area contributed by atoms with E-state index in [9.17, 15) is 4.79 Å². The van der Waals surface area contributed by atoms with Gasteiger partial charge in [-0.25, -0.2) is 0 Å². The summed E-state index contributed by atoms with van der Waals surface area (Å²) in [6, 6.07) is 11.9. The van der Waals surface area contributed by atoms with E-state index in [1.54, 1.807) is 11.3 Å². The quantitative estimate of drug-likeness (QED) is 0.767. The standard InChI is InChI=1S/C15H17NOS/c1-12-5-3-6-13(9-12)15(17)11-16(2)10-14-7-4-8-18-14/h3-9H,10-11H2,1-2H3. The van der Waals surface area contributed by atoms with Crippen LogP contribution in [-0.2, 0) is 6.54 Å². The molecule has 0 unspecified atom stereocenters. The highest BCUT2D eigenvalue weighted by Gasteiger charge is 2.10. The maximum atomic E-state index is 12.1. The maximum absolute atomic E-state index is 12.1. The van der Waals surface area contributed by atoms with Gasteiger partial charge in [0.1, 0.15) is 0 Å². The fourth-order valence-electron chi connectivity index (χ4n) is 1.88. The van der Waals surface area contributed by atoms with Gasteiger partial charge in [-0.3, -0.25) is 9.69 Å². The second-order valence-electron chi connectivity index (χ2n) is 4.54. The summed E-state index contributed by atoms with van der Waals surface area (Å²) < 4.78 is 0. The van der Waals surface area contributed by atoms with Gasteiger partial charge in [0.05, 0.1) is 6.54 Å². The van der Waals surface area contributed by atoms with Gasteiger partial charge >= 0.3 is 0 Å². The van der Waals surface area contributed by atoms with Crippen molar-refractivity contribution in [3.8, 4) is 0 Å². The summed E-state index contributed by atoms with van der Waals surface area (Å²) in [6.07, 6.45) is 0. The lowest BCUT2D eigenvalue weighted by Crippen LogP contribution is -2.25. The molecular formula is C15H17NOS. The molecule has 18 heavy (non-hydrogen) atoms. The number of rotatable bonds is 5. The monoisotopic (exact) mass is 259 g/mol. The molecule has 0 saturated heterocycles. The third kappa shape index (κ3) is 3.52. The molecule has 3 heteroatoms. The Morgan fingerprint density at radius 2 is 2.11 bits per heavy atom. The van der Waals surface area contributed by atoms with E-state index in [2.05, 4.69) is 16.3 Å². The highest BCUT2D eigenvalue weighted by Crippen LogP contribution is 2.11. The number of aryl methyl sites for hydroxylation is 1. The van der Waals surface area contributed by atoms with Crippen LogP contribution in [0.5, 0.6) is 0 Å². The zero-order valence-corrected chi connectivity index (χ0v) is 11.5. The SMILES string of the molecule is Cc1cccc(C(=O)CN(C)Cc2cccs2)c1. The highest BCUT2D eigenvalue weighted by atomic mass is 32.1. The third-order valence-electron chi connectivity index (χ3n) is 2.76. The first-order valence-corrected chi connectivity index (χ1v) is 6.84. The molecule has 2 aromatic rings. The van der Waals surface area contributed by atoms with Crippen molar-refractivity contribution in [1.82, 2.24) is 4.90 Å². The zero-order chi connectivity index (χ0) is 13.0. The number of carbonyl (C=O) groups excluding carboxylic acids is 1. The summed E-state index contributed by atoms with van der Waals surface area (Å²) in [5.74, 6) is 0.178. The Balaban J connectivity index is 1.95. The molecule has 2 nitrogen and oxygen atoms in total. The number of ketones is 1. The minimum atomic E-state index is 0.178. The first-order chi connectivity index (χ1) is 8.65. The van der Waals surface area contributed by atoms with Gasteiger partial charge in [0.15, 0.2) is 5.78 Å². The van der Waals surface area contributed by atoms with Crippen LogP contribution < -0.4 is 0 Å². The molecule has 0 aliphatic rings. The normalized spacial score (nSPS) is 10.8. The van der Waals surface area contributed by atoms with Gasteiger partial charge in [0.2, 0.25) is 0 Å². The van der Waals surface area contributed by atoms with E-state index in [1.807, 2.05) is 44.3 Å². The van der Waals surface area contributed by atoms with Gasteiger partial charge < -0.3 is 0 Å². The fraction of sp³-hybridized carbons (Fsp3) is 0.267. The lowest BCUT2D eigenvalue weighted by Gasteiger charge is -2.14. The van der Waals surface area contributed by atoms with Crippen LogP contribution in [0, 0.1) is 6.92 Å². The first kappa shape index (κ1) is 13.0. The van der Waals surface area contributed by atoms with Crippen molar-refractivity contribution in [2.24, 2.45) is 0 Å². The van der Waals surface area contributed by atoms with Crippen molar-refractivity contribution in [2.45, 2.75) is 13.5 Å². The van der Waals surface area contributed by atoms with Crippen molar-refractivity contribution in [3.05, 3.63) is 57.8 Å². The van der Waals surface area contributed by atoms with E-state index in [-0.39, 0.29) is 5.78 Å². The molecule has 0 fully saturated rings. The summed E-state index contributed by atoms with van der Waals surface area (Å²) in [7, 11) is 1.98. The molecule has 1 aromatic carbocycles. The first-order valence-electron chi connectivity index (χ1n) is 5.96. The second-order valence-corrected chi connectivity index (χ2v) is 5.58. The Morgan fingerprint density at radius 1 is 1.28 bits per heavy atom. The summed E-state index contributed by atoms with van der Waals surface area (Å²) in [5, 5.41) is 2.06. The Hall–Kier alpha value is -1.45. The Kier molecular flexibility index (Phi) is 4.28. The lowest BCUT2D eigenvalue weighted by molar-refractivity contribution is 0.0943. The van der Waals surface area contributed by atoms with Gasteiger partial charge in [-0.1, -0.05) is 29.8 Å². The molecule has 0 bridgehead atoms. The van der Waals surface area contributed by atoms with E-state index in [1.165, 1.54) is 4.88 Å². The van der Waals surface area contributed by atoms with Gasteiger partial charge in [-0.05, 0) is 31.5 Å². The molecule has 0 aliphatic heterocycles. The number of Topliss-reactive ketones (excluding diaryl/α,β-unsaturated/α-hetero) is 1. The van der Waals surface area contributed by atoms with Crippen molar-refractivity contribution >= 4 is 17.1 Å². The van der Waals surface area contributed by atoms with Crippen LogP contribution in [0.2, 0.25) is 0 Å². The average Bonchev–Trinajstić information content (AvgIpc) is 2.81. The van der Waals surface area contributed by atoms with Gasteiger partial charge in [0.25, 0.3) is 0 Å². The van der Waals surface area contributed by atoms with Crippen LogP contribution >= 0.6 is 11.3 Å². The molecule has 0 saturated carbocycles. The predicted molar refractivity (Wildman–Crippen MR) is 76.2 cm³/mol. The molecule has 1 heterocycles. The van der Waals surface area contributed by atoms with Gasteiger partial charge in [0, 0.05) is 17.0 Å². The van der Waals surface area contributed by atoms with E-state index in [0.29, 0.717) is 6.54 Å². The summed E-state index contributed by atoms with van der Waals surface area (Å²) >= 11 is 1.72. The molecule has 0 spiro atoms. The topological polar surface area (TPSA) is 20.3 Å². The van der Waals surface area contributed by atoms with Crippen LogP contribution in [0.15, 0.2) is 41.8 Å². The van der Waals surface area contributed by atoms with E-state index < -0.39 is 0 Å². The summed E-state index contributed by atoms with van der Waals surface area (Å²) in [4.78, 5) is 15.4. The highest BCUT2D eigenvalue weighted by molar-refractivity contribution is 7.09. The predicted octanol–water partition coefficient (Wildman–Crippen LogP) is 3.37. The fourth-order valence-corrected chi connectivity index (χ4v) is 2.66. The van der Waals surface area contributed by atoms with Gasteiger partial charge in [-0.2, -0.15) is 0 Å². The minimum Gasteiger partial charge on any atom is -0.294 e. The van der Waals surface area contributed by atoms with Crippen molar-refractivity contribution in [2.75, 3.05) is 13.6 Å². The molecule has 0 N–H and O–H groups in total. The number of likely N-dealkylation sites (N-methyl/N-ethyl adjacent to an activating group) is 1. The molecular weight excluding hydrogens is 242 g/mol. The number of carbonyl (C=O) groups is 1. The Morgan fingerprint density at radius 3 is 2.78 bits per heavy atom. The molecule has 0 aliphatic carbocycles. The van der Waals surface area contributed by atoms with Crippen molar-refractivity contribution < 1.29 is 4.79 Å². The van der Waals surface area contributed by atoms with E-state index in [4.69, 9.17) is 0 Å². The Labute approximate surface area is 112 Å². The van der Waals surface area contributed by atoms with Crippen LogP contribution in [0.25, 0.3) is 0 Å². The molecule has 2 rings (SSSR count). The maximum Gasteiger partial charge on any atom is 0.176 e. The molecule has 0 amide bonds. The second kappa shape index (κ2) is 5.94. The number of nitrogens with zero attached hydrogens (tertiary/aromatic N) is 1.